The van der Waals surface area contributed by atoms with E-state index in [1.807, 2.05) is 24.3 Å². The zero-order chi connectivity index (χ0) is 13.2. The quantitative estimate of drug-likeness (QED) is 0.905. The summed E-state index contributed by atoms with van der Waals surface area (Å²) in [6.07, 6.45) is 2.01. The van der Waals surface area contributed by atoms with Crippen molar-refractivity contribution < 1.29 is 8.42 Å². The molecule has 1 unspecified atom stereocenters. The van der Waals surface area contributed by atoms with Crippen LogP contribution in [-0.4, -0.2) is 44.7 Å². The fraction of sp³-hybridized carbons (Fsp3) is 0.500. The molecule has 0 spiro atoms. The summed E-state index contributed by atoms with van der Waals surface area (Å²) >= 11 is 3.51. The Morgan fingerprint density at radius 3 is 2.83 bits per heavy atom. The van der Waals surface area contributed by atoms with E-state index in [9.17, 15) is 8.42 Å². The van der Waals surface area contributed by atoms with E-state index in [0.29, 0.717) is 13.1 Å². The Bertz CT molecular complexity index is 519. The minimum Gasteiger partial charge on any atom is -0.314 e. The van der Waals surface area contributed by atoms with Gasteiger partial charge in [-0.2, -0.15) is 4.31 Å². The van der Waals surface area contributed by atoms with Gasteiger partial charge in [0.2, 0.25) is 10.0 Å². The second kappa shape index (κ2) is 5.69. The van der Waals surface area contributed by atoms with Crippen LogP contribution in [0.3, 0.4) is 0 Å². The smallest absolute Gasteiger partial charge is 0.211 e. The van der Waals surface area contributed by atoms with Gasteiger partial charge < -0.3 is 5.32 Å². The van der Waals surface area contributed by atoms with Crippen LogP contribution in [-0.2, 0) is 16.4 Å². The summed E-state index contributed by atoms with van der Waals surface area (Å²) in [7, 11) is -3.13. The summed E-state index contributed by atoms with van der Waals surface area (Å²) < 4.78 is 26.1. The van der Waals surface area contributed by atoms with E-state index in [2.05, 4.69) is 21.2 Å². The maximum absolute atomic E-state index is 11.8. The van der Waals surface area contributed by atoms with E-state index < -0.39 is 10.0 Å². The Balaban J connectivity index is 2.18. The molecule has 1 aliphatic rings. The molecule has 0 aromatic heterocycles. The first-order valence-electron chi connectivity index (χ1n) is 5.89. The minimum atomic E-state index is -3.13. The van der Waals surface area contributed by atoms with Gasteiger partial charge in [-0.15, -0.1) is 0 Å². The van der Waals surface area contributed by atoms with Gasteiger partial charge in [0.1, 0.15) is 0 Å². The second-order valence-electron chi connectivity index (χ2n) is 4.53. The minimum absolute atomic E-state index is 0.00699. The van der Waals surface area contributed by atoms with Crippen LogP contribution in [0.1, 0.15) is 5.56 Å². The van der Waals surface area contributed by atoms with Crippen molar-refractivity contribution in [2.75, 3.05) is 25.9 Å². The van der Waals surface area contributed by atoms with Crippen molar-refractivity contribution >= 4 is 26.0 Å². The van der Waals surface area contributed by atoms with Crippen molar-refractivity contribution in [3.05, 3.63) is 34.3 Å². The molecule has 6 heteroatoms. The van der Waals surface area contributed by atoms with Gasteiger partial charge in [0.05, 0.1) is 6.26 Å². The molecule has 100 valence electrons. The van der Waals surface area contributed by atoms with Crippen LogP contribution in [0.15, 0.2) is 28.7 Å². The van der Waals surface area contributed by atoms with Crippen LogP contribution in [0.4, 0.5) is 0 Å². The lowest BCUT2D eigenvalue weighted by Crippen LogP contribution is -2.54. The van der Waals surface area contributed by atoms with E-state index in [-0.39, 0.29) is 6.04 Å². The van der Waals surface area contributed by atoms with Crippen LogP contribution in [0.5, 0.6) is 0 Å². The summed E-state index contributed by atoms with van der Waals surface area (Å²) in [6.45, 7) is 1.97. The Kier molecular flexibility index (Phi) is 4.42. The van der Waals surface area contributed by atoms with Crippen molar-refractivity contribution in [3.8, 4) is 0 Å². The molecule has 1 heterocycles. The molecule has 1 saturated heterocycles. The molecule has 0 saturated carbocycles. The van der Waals surface area contributed by atoms with Crippen LogP contribution in [0.25, 0.3) is 0 Å². The highest BCUT2D eigenvalue weighted by molar-refractivity contribution is 9.10. The SMILES string of the molecule is CS(=O)(=O)N1CCNCC1Cc1ccccc1Br. The average molecular weight is 333 g/mol. The van der Waals surface area contributed by atoms with Crippen LogP contribution < -0.4 is 5.32 Å². The molecule has 1 aliphatic heterocycles. The molecule has 4 nitrogen and oxygen atoms in total. The Hall–Kier alpha value is -0.430. The predicted molar refractivity (Wildman–Crippen MR) is 76.1 cm³/mol. The van der Waals surface area contributed by atoms with Crippen molar-refractivity contribution in [2.45, 2.75) is 12.5 Å². The van der Waals surface area contributed by atoms with E-state index >= 15 is 0 Å². The number of hydrogen-bond acceptors (Lipinski definition) is 3. The number of piperazine rings is 1. The lowest BCUT2D eigenvalue weighted by atomic mass is 10.0. The van der Waals surface area contributed by atoms with Crippen molar-refractivity contribution in [2.24, 2.45) is 0 Å². The molecule has 0 amide bonds. The van der Waals surface area contributed by atoms with Crippen LogP contribution >= 0.6 is 15.9 Å². The molecular formula is C12H17BrN2O2S. The van der Waals surface area contributed by atoms with Crippen molar-refractivity contribution in [1.29, 1.82) is 0 Å². The number of benzene rings is 1. The van der Waals surface area contributed by atoms with Gasteiger partial charge in [-0.05, 0) is 18.1 Å². The van der Waals surface area contributed by atoms with E-state index in [0.717, 1.165) is 23.0 Å². The zero-order valence-electron chi connectivity index (χ0n) is 10.3. The molecule has 1 aromatic carbocycles. The lowest BCUT2D eigenvalue weighted by Gasteiger charge is -2.34. The maximum atomic E-state index is 11.8. The highest BCUT2D eigenvalue weighted by atomic mass is 79.9. The number of nitrogens with one attached hydrogen (secondary N) is 1. The molecular weight excluding hydrogens is 316 g/mol. The van der Waals surface area contributed by atoms with E-state index in [4.69, 9.17) is 0 Å². The normalized spacial score (nSPS) is 22.0. The standard InChI is InChI=1S/C12H17BrN2O2S/c1-18(16,17)15-7-6-14-9-11(15)8-10-4-2-3-5-12(10)13/h2-5,11,14H,6-9H2,1H3. The topological polar surface area (TPSA) is 49.4 Å². The molecule has 1 N–H and O–H groups in total. The molecule has 1 atom stereocenters. The molecule has 1 fully saturated rings. The fourth-order valence-corrected chi connectivity index (χ4v) is 3.83. The van der Waals surface area contributed by atoms with Gasteiger partial charge in [0.25, 0.3) is 0 Å². The monoisotopic (exact) mass is 332 g/mol. The van der Waals surface area contributed by atoms with Gasteiger partial charge in [-0.1, -0.05) is 34.1 Å². The first-order chi connectivity index (χ1) is 8.48. The fourth-order valence-electron chi connectivity index (χ4n) is 2.27. The van der Waals surface area contributed by atoms with Gasteiger partial charge in [0, 0.05) is 30.1 Å². The Labute approximate surface area is 117 Å². The second-order valence-corrected chi connectivity index (χ2v) is 7.32. The summed E-state index contributed by atoms with van der Waals surface area (Å²) in [5.74, 6) is 0. The number of halogens is 1. The molecule has 18 heavy (non-hydrogen) atoms. The largest absolute Gasteiger partial charge is 0.314 e. The van der Waals surface area contributed by atoms with Gasteiger partial charge in [-0.25, -0.2) is 8.42 Å². The van der Waals surface area contributed by atoms with Crippen LogP contribution in [0.2, 0.25) is 0 Å². The van der Waals surface area contributed by atoms with Gasteiger partial charge in [-0.3, -0.25) is 0 Å². The lowest BCUT2D eigenvalue weighted by molar-refractivity contribution is 0.267. The molecule has 0 aliphatic carbocycles. The first-order valence-corrected chi connectivity index (χ1v) is 8.53. The van der Waals surface area contributed by atoms with E-state index in [1.165, 1.54) is 6.26 Å². The summed E-state index contributed by atoms with van der Waals surface area (Å²) in [5.41, 5.74) is 1.14. The number of nitrogens with zero attached hydrogens (tertiary/aromatic N) is 1. The third-order valence-electron chi connectivity index (χ3n) is 3.14. The number of rotatable bonds is 3. The van der Waals surface area contributed by atoms with Crippen molar-refractivity contribution in [1.82, 2.24) is 9.62 Å². The third kappa shape index (κ3) is 3.32. The highest BCUT2D eigenvalue weighted by Crippen LogP contribution is 2.20. The zero-order valence-corrected chi connectivity index (χ0v) is 12.7. The number of sulfonamides is 1. The maximum Gasteiger partial charge on any atom is 0.211 e. The third-order valence-corrected chi connectivity index (χ3v) is 5.24. The Morgan fingerprint density at radius 1 is 1.44 bits per heavy atom. The summed E-state index contributed by atoms with van der Waals surface area (Å²) in [5, 5.41) is 3.26. The molecule has 0 bridgehead atoms. The van der Waals surface area contributed by atoms with Gasteiger partial charge >= 0.3 is 0 Å². The highest BCUT2D eigenvalue weighted by Gasteiger charge is 2.29. The molecule has 1 aromatic rings. The average Bonchev–Trinajstić information content (AvgIpc) is 2.31. The number of hydrogen-bond donors (Lipinski definition) is 1. The van der Waals surface area contributed by atoms with Crippen LogP contribution in [0, 0.1) is 0 Å². The Morgan fingerprint density at radius 2 is 2.17 bits per heavy atom. The van der Waals surface area contributed by atoms with Gasteiger partial charge in [0.15, 0.2) is 0 Å². The molecule has 0 radical (unpaired) electrons. The molecule has 2 rings (SSSR count). The first kappa shape index (κ1) is 14.0. The summed E-state index contributed by atoms with van der Waals surface area (Å²) in [6, 6.07) is 7.94. The summed E-state index contributed by atoms with van der Waals surface area (Å²) in [4.78, 5) is 0. The predicted octanol–water partition coefficient (Wildman–Crippen LogP) is 1.23. The van der Waals surface area contributed by atoms with E-state index in [1.54, 1.807) is 4.31 Å². The van der Waals surface area contributed by atoms with Crippen molar-refractivity contribution in [3.63, 3.8) is 0 Å².